The van der Waals surface area contributed by atoms with E-state index < -0.39 is 6.29 Å². The van der Waals surface area contributed by atoms with Crippen LogP contribution in [-0.2, 0) is 4.79 Å². The summed E-state index contributed by atoms with van der Waals surface area (Å²) < 4.78 is 35.0. The topological polar surface area (TPSA) is 73.3 Å². The van der Waals surface area contributed by atoms with Crippen molar-refractivity contribution in [2.75, 3.05) is 5.32 Å². The minimum absolute atomic E-state index is 0.0337. The molecule has 27 heavy (non-hydrogen) atoms. The Morgan fingerprint density at radius 1 is 1.19 bits per heavy atom. The average molecular weight is 398 g/mol. The van der Waals surface area contributed by atoms with E-state index in [1.807, 2.05) is 13.8 Å². The number of ether oxygens (including phenoxy) is 2. The summed E-state index contributed by atoms with van der Waals surface area (Å²) in [4.78, 5) is 20.2. The lowest BCUT2D eigenvalue weighted by Crippen LogP contribution is -2.28. The van der Waals surface area contributed by atoms with Crippen molar-refractivity contribution in [1.82, 2.24) is 9.97 Å². The van der Waals surface area contributed by atoms with Gasteiger partial charge in [-0.3, -0.25) is 9.78 Å². The Balaban J connectivity index is 0.00000102. The number of amides is 1. The van der Waals surface area contributed by atoms with Gasteiger partial charge in [-0.25, -0.2) is 4.98 Å². The van der Waals surface area contributed by atoms with E-state index in [9.17, 15) is 13.6 Å². The Hall–Kier alpha value is -2.48. The van der Waals surface area contributed by atoms with Crippen LogP contribution in [0.5, 0.6) is 11.5 Å². The molecular weight excluding hydrogens is 380 g/mol. The zero-order valence-corrected chi connectivity index (χ0v) is 15.5. The molecule has 0 spiro atoms. The first-order chi connectivity index (χ1) is 12.9. The number of aromatic nitrogens is 2. The van der Waals surface area contributed by atoms with Gasteiger partial charge in [-0.15, -0.1) is 8.78 Å². The number of benzene rings is 1. The molecule has 1 aromatic heterocycles. The van der Waals surface area contributed by atoms with Crippen LogP contribution in [0.2, 0.25) is 5.02 Å². The molecule has 0 bridgehead atoms. The van der Waals surface area contributed by atoms with Crippen LogP contribution >= 0.6 is 11.6 Å². The fraction of sp³-hybridized carbons (Fsp3) is 0.389. The molecule has 9 heteroatoms. The first-order valence-electron chi connectivity index (χ1n) is 8.64. The number of nitrogens with zero attached hydrogens (tertiary/aromatic N) is 2. The standard InChI is InChI=1S/C16H12ClF2N3O3.C2H6/c17-10-5-13-12(24-16(18,19)25-13)4-9(10)11-6-21-14(7-20-11)22-15(23)8-2-1-3-8;1-2/h4-8H,1-3H2,(H,21,22,23);1-2H3. The zero-order chi connectivity index (χ0) is 19.6. The molecule has 1 aliphatic heterocycles. The van der Waals surface area contributed by atoms with Crippen LogP contribution < -0.4 is 14.8 Å². The Labute approximate surface area is 159 Å². The summed E-state index contributed by atoms with van der Waals surface area (Å²) in [6, 6.07) is 2.55. The van der Waals surface area contributed by atoms with Crippen molar-refractivity contribution in [3.8, 4) is 22.8 Å². The average Bonchev–Trinajstić information content (AvgIpc) is 2.88. The molecule has 1 N–H and O–H groups in total. The van der Waals surface area contributed by atoms with Crippen molar-refractivity contribution >= 4 is 23.3 Å². The number of halogens is 3. The third-order valence-electron chi connectivity index (χ3n) is 4.15. The van der Waals surface area contributed by atoms with E-state index >= 15 is 0 Å². The normalized spacial score (nSPS) is 16.8. The molecule has 2 heterocycles. The van der Waals surface area contributed by atoms with Gasteiger partial charge in [-0.05, 0) is 18.9 Å². The molecule has 1 saturated carbocycles. The van der Waals surface area contributed by atoms with Crippen LogP contribution in [0, 0.1) is 5.92 Å². The SMILES string of the molecule is CC.O=C(Nc1cnc(-c2cc3c(cc2Cl)OC(F)(F)O3)cn1)C1CCC1. The number of anilines is 1. The number of nitrogens with one attached hydrogen (secondary N) is 1. The third-order valence-corrected chi connectivity index (χ3v) is 4.46. The molecule has 1 amide bonds. The van der Waals surface area contributed by atoms with Crippen molar-refractivity contribution in [2.45, 2.75) is 39.4 Å². The Kier molecular flexibility index (Phi) is 5.46. The lowest BCUT2D eigenvalue weighted by molar-refractivity contribution is -0.286. The van der Waals surface area contributed by atoms with Crippen LogP contribution in [-0.4, -0.2) is 22.2 Å². The lowest BCUT2D eigenvalue weighted by atomic mass is 9.85. The van der Waals surface area contributed by atoms with E-state index in [2.05, 4.69) is 24.8 Å². The molecule has 2 aromatic rings. The van der Waals surface area contributed by atoms with Crippen LogP contribution in [0.25, 0.3) is 11.3 Å². The molecule has 0 atom stereocenters. The molecule has 1 aromatic carbocycles. The molecule has 0 unspecified atom stereocenters. The third kappa shape index (κ3) is 4.10. The molecule has 2 aliphatic rings. The fourth-order valence-corrected chi connectivity index (χ4v) is 2.85. The van der Waals surface area contributed by atoms with Crippen LogP contribution in [0.15, 0.2) is 24.5 Å². The van der Waals surface area contributed by atoms with Crippen LogP contribution in [0.3, 0.4) is 0 Å². The highest BCUT2D eigenvalue weighted by atomic mass is 35.5. The summed E-state index contributed by atoms with van der Waals surface area (Å²) in [6.45, 7) is 4.00. The Morgan fingerprint density at radius 3 is 2.41 bits per heavy atom. The van der Waals surface area contributed by atoms with Crippen molar-refractivity contribution < 1.29 is 23.0 Å². The second-order valence-corrected chi connectivity index (χ2v) is 6.26. The number of hydrogen-bond donors (Lipinski definition) is 1. The van der Waals surface area contributed by atoms with Gasteiger partial charge in [0.2, 0.25) is 5.91 Å². The van der Waals surface area contributed by atoms with Crippen molar-refractivity contribution in [1.29, 1.82) is 0 Å². The highest BCUT2D eigenvalue weighted by molar-refractivity contribution is 6.33. The maximum atomic E-state index is 13.1. The first kappa shape index (κ1) is 19.3. The number of rotatable bonds is 3. The van der Waals surface area contributed by atoms with Crippen LogP contribution in [0.1, 0.15) is 33.1 Å². The van der Waals surface area contributed by atoms with E-state index in [0.29, 0.717) is 17.1 Å². The number of carbonyl (C=O) groups is 1. The summed E-state index contributed by atoms with van der Waals surface area (Å²) >= 11 is 6.11. The van der Waals surface area contributed by atoms with Gasteiger partial charge in [0.1, 0.15) is 0 Å². The highest BCUT2D eigenvalue weighted by Gasteiger charge is 2.44. The van der Waals surface area contributed by atoms with Crippen molar-refractivity contribution in [3.63, 3.8) is 0 Å². The highest BCUT2D eigenvalue weighted by Crippen LogP contribution is 2.45. The number of carbonyl (C=O) groups excluding carboxylic acids is 1. The predicted octanol–water partition coefficient (Wildman–Crippen LogP) is 4.88. The van der Waals surface area contributed by atoms with Crippen LogP contribution in [0.4, 0.5) is 14.6 Å². The first-order valence-corrected chi connectivity index (χ1v) is 9.02. The molecule has 0 saturated heterocycles. The summed E-state index contributed by atoms with van der Waals surface area (Å²) in [5, 5.41) is 2.87. The second-order valence-electron chi connectivity index (χ2n) is 5.85. The fourth-order valence-electron chi connectivity index (χ4n) is 2.60. The van der Waals surface area contributed by atoms with E-state index in [-0.39, 0.29) is 28.3 Å². The molecule has 1 aliphatic carbocycles. The number of alkyl halides is 2. The largest absolute Gasteiger partial charge is 0.586 e. The van der Waals surface area contributed by atoms with E-state index in [4.69, 9.17) is 11.6 Å². The zero-order valence-electron chi connectivity index (χ0n) is 14.8. The van der Waals surface area contributed by atoms with E-state index in [0.717, 1.165) is 19.3 Å². The summed E-state index contributed by atoms with van der Waals surface area (Å²) in [5.74, 6) is 0.0109. The van der Waals surface area contributed by atoms with Gasteiger partial charge in [0.15, 0.2) is 17.3 Å². The van der Waals surface area contributed by atoms with Gasteiger partial charge in [0.05, 0.1) is 23.1 Å². The summed E-state index contributed by atoms with van der Waals surface area (Å²) in [7, 11) is 0. The second kappa shape index (κ2) is 7.64. The minimum atomic E-state index is -3.72. The Bertz CT molecular complexity index is 842. The van der Waals surface area contributed by atoms with Gasteiger partial charge in [0, 0.05) is 17.5 Å². The molecule has 4 rings (SSSR count). The van der Waals surface area contributed by atoms with Crippen molar-refractivity contribution in [3.05, 3.63) is 29.5 Å². The van der Waals surface area contributed by atoms with Gasteiger partial charge in [-0.1, -0.05) is 31.9 Å². The van der Waals surface area contributed by atoms with E-state index in [1.165, 1.54) is 24.5 Å². The number of hydrogen-bond acceptors (Lipinski definition) is 5. The van der Waals surface area contributed by atoms with Crippen molar-refractivity contribution in [2.24, 2.45) is 5.92 Å². The Morgan fingerprint density at radius 2 is 1.85 bits per heavy atom. The van der Waals surface area contributed by atoms with E-state index in [1.54, 1.807) is 0 Å². The molecular formula is C18H18ClF2N3O3. The summed E-state index contributed by atoms with van der Waals surface area (Å²) in [6.07, 6.45) is 1.90. The van der Waals surface area contributed by atoms with Gasteiger partial charge < -0.3 is 14.8 Å². The van der Waals surface area contributed by atoms with Gasteiger partial charge in [0.25, 0.3) is 0 Å². The minimum Gasteiger partial charge on any atom is -0.395 e. The lowest BCUT2D eigenvalue weighted by Gasteiger charge is -2.23. The monoisotopic (exact) mass is 397 g/mol. The maximum Gasteiger partial charge on any atom is 0.586 e. The smallest absolute Gasteiger partial charge is 0.395 e. The molecule has 1 fully saturated rings. The van der Waals surface area contributed by atoms with Gasteiger partial charge >= 0.3 is 6.29 Å². The van der Waals surface area contributed by atoms with Gasteiger partial charge in [-0.2, -0.15) is 0 Å². The quantitative estimate of drug-likeness (QED) is 0.798. The maximum absolute atomic E-state index is 13.1. The summed E-state index contributed by atoms with van der Waals surface area (Å²) in [5.41, 5.74) is 0.722. The molecule has 6 nitrogen and oxygen atoms in total. The molecule has 144 valence electrons. The number of fused-ring (bicyclic) bond motifs is 1. The molecule has 0 radical (unpaired) electrons. The predicted molar refractivity (Wildman–Crippen MR) is 96.0 cm³/mol.